The van der Waals surface area contributed by atoms with E-state index in [0.29, 0.717) is 37.1 Å². The molecule has 1 aliphatic carbocycles. The molecule has 3 heterocycles. The second kappa shape index (κ2) is 14.2. The number of rotatable bonds is 13. The first-order chi connectivity index (χ1) is 19.6. The number of nitrogens with one attached hydrogen (secondary N) is 1. The van der Waals surface area contributed by atoms with Crippen LogP contribution in [0.25, 0.3) is 0 Å². The summed E-state index contributed by atoms with van der Waals surface area (Å²) in [4.78, 5) is 40.7. The zero-order chi connectivity index (χ0) is 27.7. The van der Waals surface area contributed by atoms with E-state index in [1.165, 1.54) is 36.2 Å². The van der Waals surface area contributed by atoms with Crippen molar-refractivity contribution in [2.24, 2.45) is 11.1 Å². The van der Waals surface area contributed by atoms with Gasteiger partial charge in [0.15, 0.2) is 16.9 Å². The van der Waals surface area contributed by atoms with Crippen LogP contribution < -0.4 is 5.32 Å². The standard InChI is InChI=1S/C29H39N5O5S/c1-2-38-26(35)19-34-14-12-33(13-15-34)18-25-17-30-29(40-25)31-28(36)27(32-39-24-11-16-37-20-24)23-9-7-22(8-10-23)6-5-21-3-4-21/h7-10,17,21,24H,2-6,11-16,18-20H2,1H3,(H,30,31,36)/b32-27+/t24-/m1/s1. The molecule has 0 radical (unpaired) electrons. The highest BCUT2D eigenvalue weighted by molar-refractivity contribution is 7.15. The average Bonchev–Trinajstić information content (AvgIpc) is 3.44. The Morgan fingerprint density at radius 3 is 2.60 bits per heavy atom. The molecule has 10 nitrogen and oxygen atoms in total. The van der Waals surface area contributed by atoms with Gasteiger partial charge < -0.3 is 14.3 Å². The lowest BCUT2D eigenvalue weighted by Crippen LogP contribution is -2.47. The van der Waals surface area contributed by atoms with Gasteiger partial charge in [-0.3, -0.25) is 24.7 Å². The Morgan fingerprint density at radius 1 is 1.12 bits per heavy atom. The van der Waals surface area contributed by atoms with Gasteiger partial charge in [0.2, 0.25) is 0 Å². The predicted octanol–water partition coefficient (Wildman–Crippen LogP) is 3.31. The van der Waals surface area contributed by atoms with E-state index in [-0.39, 0.29) is 23.7 Å². The monoisotopic (exact) mass is 569 g/mol. The summed E-state index contributed by atoms with van der Waals surface area (Å²) in [7, 11) is 0. The lowest BCUT2D eigenvalue weighted by molar-refractivity contribution is -0.144. The van der Waals surface area contributed by atoms with Gasteiger partial charge in [0, 0.05) is 55.8 Å². The third-order valence-corrected chi connectivity index (χ3v) is 8.34. The minimum Gasteiger partial charge on any atom is -0.465 e. The SMILES string of the molecule is CCOC(=O)CN1CCN(Cc2cnc(NC(=O)/C(=N/O[C@@H]3CCOC3)c3ccc(CCC4CC4)cc3)s2)CC1. The maximum absolute atomic E-state index is 13.4. The van der Waals surface area contributed by atoms with E-state index >= 15 is 0 Å². The molecular formula is C29H39N5O5S. The lowest BCUT2D eigenvalue weighted by atomic mass is 10.0. The third kappa shape index (κ3) is 8.57. The zero-order valence-electron chi connectivity index (χ0n) is 23.2. The number of anilines is 1. The first-order valence-electron chi connectivity index (χ1n) is 14.3. The van der Waals surface area contributed by atoms with Gasteiger partial charge in [-0.1, -0.05) is 42.3 Å². The topological polar surface area (TPSA) is 106 Å². The third-order valence-electron chi connectivity index (χ3n) is 7.44. The molecule has 1 aromatic heterocycles. The molecule has 2 saturated heterocycles. The molecule has 2 aromatic rings. The Balaban J connectivity index is 1.16. The van der Waals surface area contributed by atoms with Crippen LogP contribution in [0.1, 0.15) is 48.6 Å². The van der Waals surface area contributed by atoms with Gasteiger partial charge in [0.1, 0.15) is 0 Å². The summed E-state index contributed by atoms with van der Waals surface area (Å²) >= 11 is 1.46. The van der Waals surface area contributed by atoms with Crippen LogP contribution in [0.2, 0.25) is 0 Å². The number of esters is 1. The molecule has 3 aliphatic rings. The number of carbonyl (C=O) groups excluding carboxylic acids is 2. The van der Waals surface area contributed by atoms with Crippen molar-refractivity contribution in [3.63, 3.8) is 0 Å². The fraction of sp³-hybridized carbons (Fsp3) is 0.586. The fourth-order valence-corrected chi connectivity index (χ4v) is 5.71. The van der Waals surface area contributed by atoms with Crippen molar-refractivity contribution in [3.05, 3.63) is 46.5 Å². The van der Waals surface area contributed by atoms with Gasteiger partial charge in [-0.25, -0.2) is 4.98 Å². The number of benzene rings is 1. The van der Waals surface area contributed by atoms with E-state index in [2.05, 4.69) is 37.4 Å². The summed E-state index contributed by atoms with van der Waals surface area (Å²) in [5, 5.41) is 7.73. The van der Waals surface area contributed by atoms with Crippen LogP contribution in [0.3, 0.4) is 0 Å². The van der Waals surface area contributed by atoms with E-state index in [9.17, 15) is 9.59 Å². The van der Waals surface area contributed by atoms with Gasteiger partial charge in [-0.2, -0.15) is 0 Å². The second-order valence-electron chi connectivity index (χ2n) is 10.7. The Labute approximate surface area is 239 Å². The molecule has 3 fully saturated rings. The van der Waals surface area contributed by atoms with Crippen molar-refractivity contribution in [3.8, 4) is 0 Å². The number of hydrogen-bond acceptors (Lipinski definition) is 10. The Bertz CT molecular complexity index is 1150. The van der Waals surface area contributed by atoms with Gasteiger partial charge >= 0.3 is 5.97 Å². The highest BCUT2D eigenvalue weighted by atomic mass is 32.1. The van der Waals surface area contributed by atoms with Gasteiger partial charge in [-0.05, 0) is 31.2 Å². The van der Waals surface area contributed by atoms with Crippen molar-refractivity contribution in [2.75, 3.05) is 57.9 Å². The smallest absolute Gasteiger partial charge is 0.320 e. The number of nitrogens with zero attached hydrogens (tertiary/aromatic N) is 4. The number of piperazine rings is 1. The number of aryl methyl sites for hydroxylation is 1. The van der Waals surface area contributed by atoms with E-state index in [1.54, 1.807) is 0 Å². The van der Waals surface area contributed by atoms with E-state index in [4.69, 9.17) is 14.3 Å². The van der Waals surface area contributed by atoms with Gasteiger partial charge in [-0.15, -0.1) is 11.3 Å². The van der Waals surface area contributed by atoms with Crippen LogP contribution in [0, 0.1) is 5.92 Å². The zero-order valence-corrected chi connectivity index (χ0v) is 24.0. The summed E-state index contributed by atoms with van der Waals surface area (Å²) in [6.45, 7) is 7.76. The number of carbonyl (C=O) groups is 2. The average molecular weight is 570 g/mol. The number of aromatic nitrogens is 1. The molecule has 0 spiro atoms. The summed E-state index contributed by atoms with van der Waals surface area (Å²) in [5.74, 6) is 0.361. The van der Waals surface area contributed by atoms with Crippen molar-refractivity contribution < 1.29 is 23.9 Å². The van der Waals surface area contributed by atoms with Gasteiger partial charge in [0.25, 0.3) is 5.91 Å². The van der Waals surface area contributed by atoms with Crippen LogP contribution in [-0.2, 0) is 36.9 Å². The number of ether oxygens (including phenoxy) is 2. The molecule has 216 valence electrons. The number of thiazole rings is 1. The van der Waals surface area contributed by atoms with Crippen LogP contribution in [0.15, 0.2) is 35.6 Å². The molecule has 0 bridgehead atoms. The quantitative estimate of drug-likeness (QED) is 0.223. The van der Waals surface area contributed by atoms with Crippen molar-refractivity contribution in [2.45, 2.75) is 51.7 Å². The normalized spacial score (nSPS) is 20.4. The molecule has 1 amide bonds. The second-order valence-corrected chi connectivity index (χ2v) is 11.8. The van der Waals surface area contributed by atoms with Crippen molar-refractivity contribution in [1.82, 2.24) is 14.8 Å². The predicted molar refractivity (Wildman–Crippen MR) is 153 cm³/mol. The summed E-state index contributed by atoms with van der Waals surface area (Å²) in [5.41, 5.74) is 2.21. The molecule has 1 saturated carbocycles. The van der Waals surface area contributed by atoms with E-state index in [1.807, 2.05) is 25.3 Å². The molecule has 0 unspecified atom stereocenters. The Morgan fingerprint density at radius 2 is 1.90 bits per heavy atom. The molecular weight excluding hydrogens is 530 g/mol. The summed E-state index contributed by atoms with van der Waals surface area (Å²) < 4.78 is 10.4. The maximum Gasteiger partial charge on any atom is 0.320 e. The number of hydrogen-bond donors (Lipinski definition) is 1. The molecule has 5 rings (SSSR count). The number of oxime groups is 1. The van der Waals surface area contributed by atoms with Crippen LogP contribution in [0.4, 0.5) is 5.13 Å². The van der Waals surface area contributed by atoms with Crippen molar-refractivity contribution >= 4 is 34.1 Å². The number of amides is 1. The van der Waals surface area contributed by atoms with E-state index in [0.717, 1.165) is 56.4 Å². The summed E-state index contributed by atoms with van der Waals surface area (Å²) in [6, 6.07) is 8.05. The molecule has 1 N–H and O–H groups in total. The minimum atomic E-state index is -0.349. The van der Waals surface area contributed by atoms with Crippen LogP contribution >= 0.6 is 11.3 Å². The molecule has 1 atom stereocenters. The molecule has 11 heteroatoms. The largest absolute Gasteiger partial charge is 0.465 e. The first kappa shape index (κ1) is 28.7. The van der Waals surface area contributed by atoms with Crippen molar-refractivity contribution in [1.29, 1.82) is 0 Å². The van der Waals surface area contributed by atoms with E-state index < -0.39 is 0 Å². The molecule has 40 heavy (non-hydrogen) atoms. The van der Waals surface area contributed by atoms with Crippen LogP contribution in [-0.4, -0.2) is 91.0 Å². The maximum atomic E-state index is 13.4. The Hall–Kier alpha value is -2.86. The Kier molecular flexibility index (Phi) is 10.1. The summed E-state index contributed by atoms with van der Waals surface area (Å²) in [6.07, 6.45) is 7.40. The van der Waals surface area contributed by atoms with Crippen LogP contribution in [0.5, 0.6) is 0 Å². The fourth-order valence-electron chi connectivity index (χ4n) is 4.86. The first-order valence-corrected chi connectivity index (χ1v) is 15.1. The minimum absolute atomic E-state index is 0.148. The molecule has 1 aromatic carbocycles. The highest BCUT2D eigenvalue weighted by Crippen LogP contribution is 2.33. The molecule has 2 aliphatic heterocycles. The lowest BCUT2D eigenvalue weighted by Gasteiger charge is -2.33. The van der Waals surface area contributed by atoms with Gasteiger partial charge in [0.05, 0.1) is 26.4 Å². The highest BCUT2D eigenvalue weighted by Gasteiger charge is 2.23.